The van der Waals surface area contributed by atoms with Crippen LogP contribution in [0.1, 0.15) is 48.2 Å². The van der Waals surface area contributed by atoms with Crippen molar-refractivity contribution in [3.8, 4) is 5.75 Å². The Bertz CT molecular complexity index is 1290. The van der Waals surface area contributed by atoms with Gasteiger partial charge in [0.2, 0.25) is 5.79 Å². The first-order valence-corrected chi connectivity index (χ1v) is 12.5. The Hall–Kier alpha value is -4.45. The van der Waals surface area contributed by atoms with E-state index in [9.17, 15) is 22.8 Å². The largest absolute Gasteiger partial charge is 0.573 e. The predicted molar refractivity (Wildman–Crippen MR) is 145 cm³/mol. The van der Waals surface area contributed by atoms with Crippen molar-refractivity contribution in [1.82, 2.24) is 5.32 Å². The molecule has 1 atom stereocenters. The number of carbonyl (C=O) groups excluding carboxylic acids is 2. The highest BCUT2D eigenvalue weighted by Gasteiger charge is 2.31. The van der Waals surface area contributed by atoms with E-state index in [4.69, 9.17) is 11.3 Å². The lowest BCUT2D eigenvalue weighted by Gasteiger charge is -2.24. The number of rotatable bonds is 11. The Morgan fingerprint density at radius 1 is 0.975 bits per heavy atom. The van der Waals surface area contributed by atoms with Gasteiger partial charge in [0.25, 0.3) is 5.91 Å². The van der Waals surface area contributed by atoms with Crippen molar-refractivity contribution < 1.29 is 27.5 Å². The molecule has 0 saturated carbocycles. The number of unbranched alkanes of at least 4 members (excludes halogenated alkanes) is 1. The van der Waals surface area contributed by atoms with Crippen LogP contribution in [-0.4, -0.2) is 24.1 Å². The van der Waals surface area contributed by atoms with Gasteiger partial charge in [0.1, 0.15) is 5.75 Å². The van der Waals surface area contributed by atoms with Crippen LogP contribution in [-0.2, 0) is 13.0 Å². The average molecular weight is 557 g/mol. The second-order valence-electron chi connectivity index (χ2n) is 9.27. The third-order valence-corrected chi connectivity index (χ3v) is 5.81. The number of nitrogens with zero attached hydrogens (tertiary/aromatic N) is 2. The number of carbonyl (C=O) groups is 2. The molecule has 0 spiro atoms. The molecule has 0 heterocycles. The number of hydrogen-bond acceptors (Lipinski definition) is 6. The summed E-state index contributed by atoms with van der Waals surface area (Å²) in [6.07, 6.45) is -1.81. The summed E-state index contributed by atoms with van der Waals surface area (Å²) < 4.78 is 41.3. The molecule has 9 nitrogen and oxygen atoms in total. The van der Waals surface area contributed by atoms with Gasteiger partial charge in [-0.3, -0.25) is 15.4 Å². The van der Waals surface area contributed by atoms with Gasteiger partial charge >= 0.3 is 12.4 Å². The van der Waals surface area contributed by atoms with E-state index in [-0.39, 0.29) is 12.2 Å². The summed E-state index contributed by atoms with van der Waals surface area (Å²) in [6.45, 7) is 3.62. The number of amides is 3. The van der Waals surface area contributed by atoms with Crippen molar-refractivity contribution in [3.63, 3.8) is 0 Å². The van der Waals surface area contributed by atoms with Gasteiger partial charge in [-0.1, -0.05) is 37.6 Å². The molecule has 3 aromatic carbocycles. The molecule has 0 aromatic heterocycles. The van der Waals surface area contributed by atoms with Crippen LogP contribution in [0.3, 0.4) is 0 Å². The van der Waals surface area contributed by atoms with Crippen LogP contribution < -0.4 is 26.0 Å². The summed E-state index contributed by atoms with van der Waals surface area (Å²) in [7, 11) is 0. The van der Waals surface area contributed by atoms with Crippen LogP contribution in [0.15, 0.2) is 77.9 Å². The SMILES string of the molecule is CCCCc1ccc(N(Cc2ccc(C(=O)NC(C)(N)N=N)cc2)C(=O)Nc2ccc(OC(F)(F)F)cc2)cc1. The maximum Gasteiger partial charge on any atom is 0.573 e. The van der Waals surface area contributed by atoms with Gasteiger partial charge in [0, 0.05) is 16.9 Å². The van der Waals surface area contributed by atoms with E-state index < -0.39 is 29.8 Å². The molecule has 40 heavy (non-hydrogen) atoms. The highest BCUT2D eigenvalue weighted by Crippen LogP contribution is 2.25. The summed E-state index contributed by atoms with van der Waals surface area (Å²) in [5, 5.41) is 8.30. The van der Waals surface area contributed by atoms with Gasteiger partial charge in [-0.25, -0.2) is 10.3 Å². The Kier molecular flexibility index (Phi) is 9.83. The number of hydrogen-bond donors (Lipinski definition) is 4. The van der Waals surface area contributed by atoms with E-state index in [1.165, 1.54) is 24.0 Å². The van der Waals surface area contributed by atoms with Crippen molar-refractivity contribution in [3.05, 3.63) is 89.5 Å². The van der Waals surface area contributed by atoms with Crippen LogP contribution in [0.25, 0.3) is 0 Å². The molecule has 5 N–H and O–H groups in total. The van der Waals surface area contributed by atoms with Gasteiger partial charge in [-0.05, 0) is 79.4 Å². The summed E-state index contributed by atoms with van der Waals surface area (Å²) in [4.78, 5) is 27.2. The smallest absolute Gasteiger partial charge is 0.406 e. The van der Waals surface area contributed by atoms with Crippen molar-refractivity contribution in [1.29, 1.82) is 5.53 Å². The zero-order chi connectivity index (χ0) is 29.3. The summed E-state index contributed by atoms with van der Waals surface area (Å²) in [5.41, 5.74) is 15.8. The molecule has 3 amide bonds. The topological polar surface area (TPSA) is 133 Å². The lowest BCUT2D eigenvalue weighted by molar-refractivity contribution is -0.274. The maximum atomic E-state index is 13.4. The second-order valence-corrected chi connectivity index (χ2v) is 9.27. The molecule has 0 aliphatic heterocycles. The minimum Gasteiger partial charge on any atom is -0.406 e. The molecule has 3 aromatic rings. The highest BCUT2D eigenvalue weighted by atomic mass is 19.4. The van der Waals surface area contributed by atoms with E-state index in [0.29, 0.717) is 16.8 Å². The van der Waals surface area contributed by atoms with E-state index in [1.807, 2.05) is 24.3 Å². The van der Waals surface area contributed by atoms with Gasteiger partial charge in [0.05, 0.1) is 6.54 Å². The fourth-order valence-corrected chi connectivity index (χ4v) is 3.71. The Morgan fingerprint density at radius 3 is 2.12 bits per heavy atom. The number of nitrogens with two attached hydrogens (primary N) is 1. The Labute approximate surface area is 230 Å². The zero-order valence-electron chi connectivity index (χ0n) is 22.1. The van der Waals surface area contributed by atoms with E-state index in [2.05, 4.69) is 27.4 Å². The number of urea groups is 1. The van der Waals surface area contributed by atoms with Crippen LogP contribution in [0.2, 0.25) is 0 Å². The van der Waals surface area contributed by atoms with Crippen LogP contribution in [0.5, 0.6) is 5.75 Å². The molecular weight excluding hydrogens is 525 g/mol. The summed E-state index contributed by atoms with van der Waals surface area (Å²) in [6, 6.07) is 18.4. The molecule has 1 unspecified atom stereocenters. The third kappa shape index (κ3) is 9.09. The average Bonchev–Trinajstić information content (AvgIpc) is 2.91. The first kappa shape index (κ1) is 30.1. The molecule has 0 aliphatic carbocycles. The number of aryl methyl sites for hydroxylation is 1. The van der Waals surface area contributed by atoms with Crippen molar-refractivity contribution in [2.24, 2.45) is 10.8 Å². The first-order valence-electron chi connectivity index (χ1n) is 12.5. The van der Waals surface area contributed by atoms with Crippen molar-refractivity contribution in [2.75, 3.05) is 10.2 Å². The number of anilines is 2. The van der Waals surface area contributed by atoms with E-state index in [1.54, 1.807) is 24.3 Å². The van der Waals surface area contributed by atoms with Crippen LogP contribution in [0.4, 0.5) is 29.3 Å². The number of nitrogens with one attached hydrogen (secondary N) is 3. The van der Waals surface area contributed by atoms with E-state index in [0.717, 1.165) is 37.0 Å². The fraction of sp³-hybridized carbons (Fsp3) is 0.286. The lowest BCUT2D eigenvalue weighted by atomic mass is 10.1. The summed E-state index contributed by atoms with van der Waals surface area (Å²) >= 11 is 0. The Balaban J connectivity index is 1.80. The van der Waals surface area contributed by atoms with Gasteiger partial charge < -0.3 is 15.4 Å². The van der Waals surface area contributed by atoms with Gasteiger partial charge in [-0.2, -0.15) is 5.11 Å². The molecule has 212 valence electrons. The standard InChI is InChI=1S/C28H31F3N6O3/c1-3-4-5-19-8-14-23(15-9-19)37(26(39)34-22-12-16-24(17-13-22)40-28(29,30)31)18-20-6-10-21(11-7-20)25(38)35-27(2,32)36-33/h6-17,33H,3-5,18,32H2,1-2H3,(H,34,39)(H,35,38). The lowest BCUT2D eigenvalue weighted by Crippen LogP contribution is -2.51. The molecule has 0 saturated heterocycles. The van der Waals surface area contributed by atoms with Crippen LogP contribution in [0, 0.1) is 5.53 Å². The summed E-state index contributed by atoms with van der Waals surface area (Å²) in [5.74, 6) is -2.45. The fourth-order valence-electron chi connectivity index (χ4n) is 3.71. The van der Waals surface area contributed by atoms with Crippen LogP contribution >= 0.6 is 0 Å². The molecular formula is C28H31F3N6O3. The van der Waals surface area contributed by atoms with Crippen molar-refractivity contribution in [2.45, 2.75) is 51.8 Å². The van der Waals surface area contributed by atoms with Crippen molar-refractivity contribution >= 4 is 23.3 Å². The molecule has 3 rings (SSSR count). The molecule has 0 aliphatic rings. The number of halogens is 3. The monoisotopic (exact) mass is 556 g/mol. The molecule has 12 heteroatoms. The van der Waals surface area contributed by atoms with Gasteiger partial charge in [-0.15, -0.1) is 13.2 Å². The van der Waals surface area contributed by atoms with Gasteiger partial charge in [0.15, 0.2) is 0 Å². The third-order valence-electron chi connectivity index (χ3n) is 5.81. The van der Waals surface area contributed by atoms with E-state index >= 15 is 0 Å². The molecule has 0 fully saturated rings. The minimum atomic E-state index is -4.82. The Morgan fingerprint density at radius 2 is 1.57 bits per heavy atom. The zero-order valence-corrected chi connectivity index (χ0v) is 22.1. The number of ether oxygens (including phenoxy) is 1. The normalized spacial score (nSPS) is 12.7. The predicted octanol–water partition coefficient (Wildman–Crippen LogP) is 6.56. The second kappa shape index (κ2) is 13.1. The highest BCUT2D eigenvalue weighted by molar-refractivity contribution is 6.01. The minimum absolute atomic E-state index is 0.133. The number of alkyl halides is 3. The molecule has 0 radical (unpaired) electrons. The first-order chi connectivity index (χ1) is 18.9. The quantitative estimate of drug-likeness (QED) is 0.157. The molecule has 0 bridgehead atoms. The number of benzene rings is 3. The maximum absolute atomic E-state index is 13.4.